The molecule has 6 nitrogen and oxygen atoms in total. The zero-order chi connectivity index (χ0) is 23.2. The van der Waals surface area contributed by atoms with Gasteiger partial charge in [0.1, 0.15) is 18.2 Å². The number of carbonyl (C=O) groups excluding carboxylic acids is 2. The first-order valence-electron chi connectivity index (χ1n) is 9.73. The van der Waals surface area contributed by atoms with Crippen molar-refractivity contribution >= 4 is 34.8 Å². The zero-order valence-corrected chi connectivity index (χ0v) is 17.9. The van der Waals surface area contributed by atoms with Crippen molar-refractivity contribution in [2.45, 2.75) is 12.8 Å². The monoisotopic (exact) mass is 457 g/mol. The SMILES string of the molecule is C[C@H]1C(=O)N(CC(=O)Nc2ccc(Cl)c(F)c2)c2ccn(C)c(=O)c2-c2ccc(F)cc21. The fourth-order valence-corrected chi connectivity index (χ4v) is 3.90. The van der Waals surface area contributed by atoms with Gasteiger partial charge < -0.3 is 14.8 Å². The van der Waals surface area contributed by atoms with E-state index in [1.54, 1.807) is 20.0 Å². The van der Waals surface area contributed by atoms with E-state index < -0.39 is 35.9 Å². The Morgan fingerprint density at radius 3 is 2.59 bits per heavy atom. The molecule has 2 aromatic carbocycles. The number of pyridine rings is 1. The number of amides is 2. The van der Waals surface area contributed by atoms with E-state index in [0.717, 1.165) is 6.07 Å². The number of benzene rings is 2. The molecule has 1 aliphatic rings. The van der Waals surface area contributed by atoms with Crippen LogP contribution in [-0.2, 0) is 16.6 Å². The highest BCUT2D eigenvalue weighted by atomic mass is 35.5. The minimum Gasteiger partial charge on any atom is -0.324 e. The maximum absolute atomic E-state index is 14.0. The van der Waals surface area contributed by atoms with Gasteiger partial charge in [-0.1, -0.05) is 17.7 Å². The van der Waals surface area contributed by atoms with Crippen LogP contribution in [-0.4, -0.2) is 22.9 Å². The first-order chi connectivity index (χ1) is 15.2. The fraction of sp³-hybridized carbons (Fsp3) is 0.174. The molecule has 1 aliphatic heterocycles. The lowest BCUT2D eigenvalue weighted by molar-refractivity contribution is -0.122. The van der Waals surface area contributed by atoms with Gasteiger partial charge in [0.25, 0.3) is 5.56 Å². The second kappa shape index (κ2) is 8.20. The second-order valence-corrected chi connectivity index (χ2v) is 7.95. The molecule has 0 fully saturated rings. The van der Waals surface area contributed by atoms with Crippen molar-refractivity contribution in [3.8, 4) is 11.1 Å². The molecule has 2 heterocycles. The quantitative estimate of drug-likeness (QED) is 0.644. The molecule has 32 heavy (non-hydrogen) atoms. The summed E-state index contributed by atoms with van der Waals surface area (Å²) in [5.41, 5.74) is 1.03. The number of nitrogens with one attached hydrogen (secondary N) is 1. The van der Waals surface area contributed by atoms with Crippen LogP contribution >= 0.6 is 11.6 Å². The van der Waals surface area contributed by atoms with Crippen LogP contribution in [0.3, 0.4) is 0 Å². The van der Waals surface area contributed by atoms with Crippen molar-refractivity contribution in [1.82, 2.24) is 4.57 Å². The molecule has 3 aromatic rings. The lowest BCUT2D eigenvalue weighted by Gasteiger charge is -2.24. The summed E-state index contributed by atoms with van der Waals surface area (Å²) in [4.78, 5) is 40.2. The molecule has 1 N–H and O–H groups in total. The first kappa shape index (κ1) is 21.7. The van der Waals surface area contributed by atoms with E-state index in [2.05, 4.69) is 5.32 Å². The average Bonchev–Trinajstić information content (AvgIpc) is 2.83. The maximum atomic E-state index is 14.0. The minimum absolute atomic E-state index is 0.0886. The van der Waals surface area contributed by atoms with Crippen LogP contribution in [0.25, 0.3) is 11.1 Å². The summed E-state index contributed by atoms with van der Waals surface area (Å²) in [6.45, 7) is 1.17. The number of hydrogen-bond acceptors (Lipinski definition) is 3. The molecular weight excluding hydrogens is 440 g/mol. The van der Waals surface area contributed by atoms with Crippen LogP contribution in [0.5, 0.6) is 0 Å². The Morgan fingerprint density at radius 2 is 1.88 bits per heavy atom. The predicted octanol–water partition coefficient (Wildman–Crippen LogP) is 4.07. The largest absolute Gasteiger partial charge is 0.324 e. The molecule has 0 unspecified atom stereocenters. The Hall–Kier alpha value is -3.52. The number of anilines is 2. The van der Waals surface area contributed by atoms with Gasteiger partial charge in [0.2, 0.25) is 11.8 Å². The van der Waals surface area contributed by atoms with E-state index in [1.165, 1.54) is 46.0 Å². The molecule has 0 saturated heterocycles. The molecule has 1 aromatic heterocycles. The van der Waals surface area contributed by atoms with Crippen molar-refractivity contribution in [3.63, 3.8) is 0 Å². The molecule has 9 heteroatoms. The van der Waals surface area contributed by atoms with Gasteiger partial charge in [0.15, 0.2) is 0 Å². The van der Waals surface area contributed by atoms with Gasteiger partial charge in [-0.15, -0.1) is 0 Å². The summed E-state index contributed by atoms with van der Waals surface area (Å²) < 4.78 is 29.0. The van der Waals surface area contributed by atoms with Crippen LogP contribution in [0.15, 0.2) is 53.5 Å². The number of halogens is 3. The Balaban J connectivity index is 1.77. The summed E-state index contributed by atoms with van der Waals surface area (Å²) in [6.07, 6.45) is 1.49. The highest BCUT2D eigenvalue weighted by Gasteiger charge is 2.34. The first-order valence-corrected chi connectivity index (χ1v) is 10.1. The minimum atomic E-state index is -0.807. The summed E-state index contributed by atoms with van der Waals surface area (Å²) in [5.74, 6) is -3.11. The smallest absolute Gasteiger partial charge is 0.260 e. The predicted molar refractivity (Wildman–Crippen MR) is 118 cm³/mol. The van der Waals surface area contributed by atoms with E-state index in [4.69, 9.17) is 11.6 Å². The molecular formula is C23H18ClF2N3O3. The van der Waals surface area contributed by atoms with Gasteiger partial charge >= 0.3 is 0 Å². The number of aryl methyl sites for hydroxylation is 1. The Morgan fingerprint density at radius 1 is 1.12 bits per heavy atom. The molecule has 0 bridgehead atoms. The van der Waals surface area contributed by atoms with Crippen LogP contribution in [0.2, 0.25) is 5.02 Å². The maximum Gasteiger partial charge on any atom is 0.260 e. The fourth-order valence-electron chi connectivity index (χ4n) is 3.78. The third-order valence-electron chi connectivity index (χ3n) is 5.43. The number of aromatic nitrogens is 1. The third-order valence-corrected chi connectivity index (χ3v) is 5.73. The molecule has 0 radical (unpaired) electrons. The highest BCUT2D eigenvalue weighted by molar-refractivity contribution is 6.30. The van der Waals surface area contributed by atoms with Gasteiger partial charge in [-0.2, -0.15) is 0 Å². The Labute approximate surface area is 187 Å². The molecule has 2 amide bonds. The van der Waals surface area contributed by atoms with Gasteiger partial charge in [-0.05, 0) is 54.4 Å². The number of fused-ring (bicyclic) bond motifs is 3. The van der Waals surface area contributed by atoms with E-state index in [1.807, 2.05) is 0 Å². The number of rotatable bonds is 3. The molecule has 4 rings (SSSR count). The van der Waals surface area contributed by atoms with Crippen molar-refractivity contribution < 1.29 is 18.4 Å². The summed E-state index contributed by atoms with van der Waals surface area (Å²) >= 11 is 5.67. The molecule has 164 valence electrons. The van der Waals surface area contributed by atoms with E-state index in [0.29, 0.717) is 11.1 Å². The van der Waals surface area contributed by atoms with Gasteiger partial charge in [-0.25, -0.2) is 8.78 Å². The lowest BCUT2D eigenvalue weighted by Crippen LogP contribution is -2.40. The molecule has 1 atom stereocenters. The molecule has 0 spiro atoms. The standard InChI is InChI=1S/C23H18ClF2N3O3/c1-12-16-9-13(25)3-5-15(16)21-19(7-8-28(2)23(21)32)29(22(12)31)11-20(30)27-14-4-6-17(24)18(26)10-14/h3-10,12H,11H2,1-2H3,(H,27,30)/t12-/m1/s1. The summed E-state index contributed by atoms with van der Waals surface area (Å²) in [5, 5.41) is 2.44. The average molecular weight is 458 g/mol. The van der Waals surface area contributed by atoms with Crippen molar-refractivity contribution in [2.75, 3.05) is 16.8 Å². The Bertz CT molecular complexity index is 1320. The number of nitrogens with zero attached hydrogens (tertiary/aromatic N) is 2. The molecule has 0 aliphatic carbocycles. The summed E-state index contributed by atoms with van der Waals surface area (Å²) in [7, 11) is 1.56. The zero-order valence-electron chi connectivity index (χ0n) is 17.2. The van der Waals surface area contributed by atoms with Crippen LogP contribution in [0, 0.1) is 11.6 Å². The lowest BCUT2D eigenvalue weighted by atomic mass is 9.92. The topological polar surface area (TPSA) is 71.4 Å². The van der Waals surface area contributed by atoms with E-state index >= 15 is 0 Å². The van der Waals surface area contributed by atoms with Crippen molar-refractivity contribution in [2.24, 2.45) is 7.05 Å². The highest BCUT2D eigenvalue weighted by Crippen LogP contribution is 2.39. The number of carbonyl (C=O) groups is 2. The van der Waals surface area contributed by atoms with E-state index in [9.17, 15) is 23.2 Å². The van der Waals surface area contributed by atoms with Crippen molar-refractivity contribution in [3.05, 3.63) is 81.2 Å². The van der Waals surface area contributed by atoms with Crippen molar-refractivity contribution in [1.29, 1.82) is 0 Å². The second-order valence-electron chi connectivity index (χ2n) is 7.55. The van der Waals surface area contributed by atoms with Crippen LogP contribution in [0.4, 0.5) is 20.2 Å². The summed E-state index contributed by atoms with van der Waals surface area (Å²) in [6, 6.07) is 9.28. The van der Waals surface area contributed by atoms with Crippen LogP contribution in [0.1, 0.15) is 18.4 Å². The van der Waals surface area contributed by atoms with Gasteiger partial charge in [0.05, 0.1) is 22.2 Å². The van der Waals surface area contributed by atoms with Crippen LogP contribution < -0.4 is 15.8 Å². The molecule has 0 saturated carbocycles. The van der Waals surface area contributed by atoms with Gasteiger partial charge in [-0.3, -0.25) is 14.4 Å². The van der Waals surface area contributed by atoms with Gasteiger partial charge in [0, 0.05) is 18.9 Å². The number of hydrogen-bond donors (Lipinski definition) is 1. The Kier molecular flexibility index (Phi) is 5.56. The third kappa shape index (κ3) is 3.78. The normalized spacial score (nSPS) is 15.1. The van der Waals surface area contributed by atoms with E-state index in [-0.39, 0.29) is 27.5 Å².